The van der Waals surface area contributed by atoms with Gasteiger partial charge in [-0.25, -0.2) is 0 Å². The molecule has 0 bridgehead atoms. The summed E-state index contributed by atoms with van der Waals surface area (Å²) in [5.41, 5.74) is 4.81. The van der Waals surface area contributed by atoms with Crippen molar-refractivity contribution in [3.8, 4) is 0 Å². The quantitative estimate of drug-likeness (QED) is 0.823. The summed E-state index contributed by atoms with van der Waals surface area (Å²) >= 11 is 0. The van der Waals surface area contributed by atoms with Gasteiger partial charge in [-0.2, -0.15) is 0 Å². The van der Waals surface area contributed by atoms with Gasteiger partial charge in [-0.05, 0) is 56.8 Å². The average Bonchev–Trinajstić information content (AvgIpc) is 2.28. The van der Waals surface area contributed by atoms with Crippen LogP contribution in [0.1, 0.15) is 47.6 Å². The highest BCUT2D eigenvalue weighted by Crippen LogP contribution is 2.28. The third-order valence-corrected chi connectivity index (χ3v) is 3.76. The SMILES string of the molecule is Cc1cc(C)c(C(O)C2CCCCN2)c(C)c1. The first-order chi connectivity index (χ1) is 8.09. The molecule has 94 valence electrons. The molecule has 0 aliphatic carbocycles. The Balaban J connectivity index is 2.26. The fraction of sp³-hybridized carbons (Fsp3) is 0.600. The van der Waals surface area contributed by atoms with Crippen LogP contribution < -0.4 is 5.32 Å². The van der Waals surface area contributed by atoms with E-state index in [9.17, 15) is 5.11 Å². The zero-order valence-electron chi connectivity index (χ0n) is 11.1. The van der Waals surface area contributed by atoms with Crippen molar-refractivity contribution in [2.24, 2.45) is 0 Å². The largest absolute Gasteiger partial charge is 0.387 e. The van der Waals surface area contributed by atoms with E-state index in [2.05, 4.69) is 38.2 Å². The van der Waals surface area contributed by atoms with E-state index in [0.29, 0.717) is 0 Å². The van der Waals surface area contributed by atoms with E-state index < -0.39 is 0 Å². The van der Waals surface area contributed by atoms with Crippen LogP contribution in [-0.2, 0) is 0 Å². The molecule has 2 N–H and O–H groups in total. The maximum absolute atomic E-state index is 10.5. The van der Waals surface area contributed by atoms with Crippen molar-refractivity contribution in [3.05, 3.63) is 34.4 Å². The van der Waals surface area contributed by atoms with Gasteiger partial charge in [0.1, 0.15) is 0 Å². The molecule has 0 aromatic heterocycles. The molecule has 1 aromatic carbocycles. The molecule has 0 saturated carbocycles. The third-order valence-electron chi connectivity index (χ3n) is 3.76. The Morgan fingerprint density at radius 3 is 2.35 bits per heavy atom. The molecule has 1 aromatic rings. The Kier molecular flexibility index (Phi) is 3.85. The molecule has 2 rings (SSSR count). The van der Waals surface area contributed by atoms with E-state index in [1.165, 1.54) is 29.5 Å². The number of rotatable bonds is 2. The number of aliphatic hydroxyl groups excluding tert-OH is 1. The summed E-state index contributed by atoms with van der Waals surface area (Å²) in [6, 6.07) is 4.55. The first-order valence-corrected chi connectivity index (χ1v) is 6.59. The standard InChI is InChI=1S/C15H23NO/c1-10-8-11(2)14(12(3)9-10)15(17)13-6-4-5-7-16-13/h8-9,13,15-17H,4-7H2,1-3H3. The van der Waals surface area contributed by atoms with E-state index in [4.69, 9.17) is 0 Å². The van der Waals surface area contributed by atoms with Crippen molar-refractivity contribution in [3.63, 3.8) is 0 Å². The van der Waals surface area contributed by atoms with Crippen LogP contribution in [0.25, 0.3) is 0 Å². The van der Waals surface area contributed by atoms with Crippen LogP contribution in [0.2, 0.25) is 0 Å². The first kappa shape index (κ1) is 12.6. The van der Waals surface area contributed by atoms with Gasteiger partial charge < -0.3 is 10.4 Å². The molecular weight excluding hydrogens is 210 g/mol. The van der Waals surface area contributed by atoms with Crippen LogP contribution in [-0.4, -0.2) is 17.7 Å². The summed E-state index contributed by atoms with van der Waals surface area (Å²) in [5, 5.41) is 14.0. The lowest BCUT2D eigenvalue weighted by Crippen LogP contribution is -2.39. The highest BCUT2D eigenvalue weighted by atomic mass is 16.3. The monoisotopic (exact) mass is 233 g/mol. The Hall–Kier alpha value is -0.860. The Morgan fingerprint density at radius 1 is 1.18 bits per heavy atom. The van der Waals surface area contributed by atoms with Gasteiger partial charge in [0.05, 0.1) is 6.10 Å². The van der Waals surface area contributed by atoms with Crippen LogP contribution in [0.3, 0.4) is 0 Å². The predicted octanol–water partition coefficient (Wildman–Crippen LogP) is 2.79. The fourth-order valence-electron chi connectivity index (χ4n) is 3.01. The summed E-state index contributed by atoms with van der Waals surface area (Å²) < 4.78 is 0. The summed E-state index contributed by atoms with van der Waals surface area (Å²) in [7, 11) is 0. The number of benzene rings is 1. The van der Waals surface area contributed by atoms with Crippen molar-refractivity contribution in [2.45, 2.75) is 52.2 Å². The van der Waals surface area contributed by atoms with E-state index in [0.717, 1.165) is 18.5 Å². The van der Waals surface area contributed by atoms with E-state index >= 15 is 0 Å². The van der Waals surface area contributed by atoms with Gasteiger partial charge >= 0.3 is 0 Å². The van der Waals surface area contributed by atoms with Gasteiger partial charge in [0.15, 0.2) is 0 Å². The minimum atomic E-state index is -0.365. The zero-order chi connectivity index (χ0) is 12.4. The molecule has 2 unspecified atom stereocenters. The van der Waals surface area contributed by atoms with Crippen molar-refractivity contribution < 1.29 is 5.11 Å². The van der Waals surface area contributed by atoms with Gasteiger partial charge in [0.25, 0.3) is 0 Å². The zero-order valence-corrected chi connectivity index (χ0v) is 11.1. The summed E-state index contributed by atoms with van der Waals surface area (Å²) in [4.78, 5) is 0. The van der Waals surface area contributed by atoms with Crippen molar-refractivity contribution in [1.82, 2.24) is 5.32 Å². The lowest BCUT2D eigenvalue weighted by molar-refractivity contribution is 0.112. The first-order valence-electron chi connectivity index (χ1n) is 6.59. The van der Waals surface area contributed by atoms with Crippen LogP contribution >= 0.6 is 0 Å². The topological polar surface area (TPSA) is 32.3 Å². The molecule has 2 heteroatoms. The number of aliphatic hydroxyl groups is 1. The molecule has 0 amide bonds. The predicted molar refractivity (Wildman–Crippen MR) is 71.3 cm³/mol. The van der Waals surface area contributed by atoms with Gasteiger partial charge in [-0.3, -0.25) is 0 Å². The lowest BCUT2D eigenvalue weighted by Gasteiger charge is -2.30. The molecule has 2 nitrogen and oxygen atoms in total. The molecule has 1 heterocycles. The van der Waals surface area contributed by atoms with Crippen LogP contribution in [0.5, 0.6) is 0 Å². The average molecular weight is 233 g/mol. The Labute approximate surface area is 104 Å². The van der Waals surface area contributed by atoms with Crippen LogP contribution in [0, 0.1) is 20.8 Å². The number of nitrogens with one attached hydrogen (secondary N) is 1. The lowest BCUT2D eigenvalue weighted by atomic mass is 9.89. The smallest absolute Gasteiger partial charge is 0.0948 e. The second-order valence-corrected chi connectivity index (χ2v) is 5.31. The Morgan fingerprint density at radius 2 is 1.82 bits per heavy atom. The second-order valence-electron chi connectivity index (χ2n) is 5.31. The van der Waals surface area contributed by atoms with Crippen molar-refractivity contribution >= 4 is 0 Å². The maximum Gasteiger partial charge on any atom is 0.0948 e. The summed E-state index contributed by atoms with van der Waals surface area (Å²) in [5.74, 6) is 0. The number of piperidine rings is 1. The maximum atomic E-state index is 10.5. The molecule has 1 aliphatic rings. The molecule has 1 aliphatic heterocycles. The summed E-state index contributed by atoms with van der Waals surface area (Å²) in [6.07, 6.45) is 3.16. The molecular formula is C15H23NO. The molecule has 1 saturated heterocycles. The van der Waals surface area contributed by atoms with E-state index in [1.54, 1.807) is 0 Å². The fourth-order valence-corrected chi connectivity index (χ4v) is 3.01. The number of hydrogen-bond acceptors (Lipinski definition) is 2. The van der Waals surface area contributed by atoms with Crippen LogP contribution in [0.15, 0.2) is 12.1 Å². The molecule has 1 fully saturated rings. The number of aryl methyl sites for hydroxylation is 3. The van der Waals surface area contributed by atoms with Gasteiger partial charge in [-0.15, -0.1) is 0 Å². The molecule has 17 heavy (non-hydrogen) atoms. The van der Waals surface area contributed by atoms with Crippen molar-refractivity contribution in [2.75, 3.05) is 6.54 Å². The minimum absolute atomic E-state index is 0.226. The van der Waals surface area contributed by atoms with Gasteiger partial charge in [0.2, 0.25) is 0 Å². The second kappa shape index (κ2) is 5.19. The van der Waals surface area contributed by atoms with Crippen LogP contribution in [0.4, 0.5) is 0 Å². The normalized spacial score (nSPS) is 22.5. The summed E-state index contributed by atoms with van der Waals surface area (Å²) in [6.45, 7) is 7.34. The van der Waals surface area contributed by atoms with E-state index in [-0.39, 0.29) is 12.1 Å². The van der Waals surface area contributed by atoms with Crippen molar-refractivity contribution in [1.29, 1.82) is 0 Å². The molecule has 0 spiro atoms. The Bertz CT molecular complexity index is 371. The third kappa shape index (κ3) is 2.70. The highest BCUT2D eigenvalue weighted by Gasteiger charge is 2.24. The number of hydrogen-bond donors (Lipinski definition) is 2. The van der Waals surface area contributed by atoms with Gasteiger partial charge in [0, 0.05) is 6.04 Å². The molecule has 2 atom stereocenters. The van der Waals surface area contributed by atoms with E-state index in [1.807, 2.05) is 0 Å². The highest BCUT2D eigenvalue weighted by molar-refractivity contribution is 5.39. The molecule has 0 radical (unpaired) electrons. The van der Waals surface area contributed by atoms with Gasteiger partial charge in [-0.1, -0.05) is 24.1 Å². The minimum Gasteiger partial charge on any atom is -0.387 e.